The second-order valence-electron chi connectivity index (χ2n) is 23.8. The van der Waals surface area contributed by atoms with Gasteiger partial charge in [0.15, 0.2) is 5.58 Å². The van der Waals surface area contributed by atoms with Gasteiger partial charge >= 0.3 is 6.85 Å². The molecule has 0 saturated carbocycles. The minimum Gasteiger partial charge on any atom is -0.455 e. The van der Waals surface area contributed by atoms with E-state index in [1.807, 2.05) is 6.07 Å². The van der Waals surface area contributed by atoms with Crippen LogP contribution in [0.15, 0.2) is 148 Å². The molecule has 0 radical (unpaired) electrons. The van der Waals surface area contributed by atoms with Gasteiger partial charge in [-0.1, -0.05) is 135 Å². The van der Waals surface area contributed by atoms with E-state index >= 15 is 0 Å². The summed E-state index contributed by atoms with van der Waals surface area (Å²) in [6.07, 6.45) is 2.27. The number of rotatable bonds is 2. The molecule has 0 bridgehead atoms. The smallest absolute Gasteiger partial charge is 0.333 e. The molecular weight excluding hydrogens is 854 g/mol. The van der Waals surface area contributed by atoms with Gasteiger partial charge in [0.1, 0.15) is 16.7 Å². The van der Waals surface area contributed by atoms with Crippen LogP contribution in [0.25, 0.3) is 94.2 Å². The molecule has 0 N–H and O–H groups in total. The van der Waals surface area contributed by atoms with Crippen LogP contribution < -0.4 is 15.7 Å². The number of aromatic nitrogens is 2. The zero-order valence-corrected chi connectivity index (χ0v) is 41.4. The van der Waals surface area contributed by atoms with Crippen molar-refractivity contribution < 1.29 is 8.83 Å². The Balaban J connectivity index is 1.17. The number of hydrogen-bond donors (Lipinski definition) is 0. The minimum absolute atomic E-state index is 0.00416. The summed E-state index contributed by atoms with van der Waals surface area (Å²) in [5, 5.41) is 4.86. The van der Waals surface area contributed by atoms with Crippen LogP contribution in [0.2, 0.25) is 0 Å². The first-order valence-corrected chi connectivity index (χ1v) is 25.3. The Morgan fingerprint density at radius 1 is 0.586 bits per heavy atom. The van der Waals surface area contributed by atoms with Crippen LogP contribution >= 0.6 is 0 Å². The van der Waals surface area contributed by atoms with E-state index in [4.69, 9.17) is 13.8 Å². The van der Waals surface area contributed by atoms with E-state index in [1.165, 1.54) is 93.9 Å². The molecule has 2 aliphatic heterocycles. The van der Waals surface area contributed by atoms with E-state index in [-0.39, 0.29) is 28.5 Å². The second kappa shape index (κ2) is 13.1. The molecular formula is C64H54BN3O2. The number of anilines is 2. The Kier molecular flexibility index (Phi) is 7.59. The fraction of sp³-hybridized carbons (Fsp3) is 0.234. The van der Waals surface area contributed by atoms with Crippen molar-refractivity contribution in [2.75, 3.05) is 4.81 Å². The Labute approximate surface area is 408 Å². The lowest BCUT2D eigenvalue weighted by Gasteiger charge is -2.42. The molecule has 340 valence electrons. The van der Waals surface area contributed by atoms with Crippen molar-refractivity contribution >= 4 is 84.0 Å². The summed E-state index contributed by atoms with van der Waals surface area (Å²) in [4.78, 5) is 7.94. The maximum Gasteiger partial charge on any atom is 0.333 e. The van der Waals surface area contributed by atoms with Crippen molar-refractivity contribution in [1.29, 1.82) is 0 Å². The van der Waals surface area contributed by atoms with Crippen molar-refractivity contribution in [3.05, 3.63) is 167 Å². The lowest BCUT2D eigenvalue weighted by molar-refractivity contribution is 0.332. The van der Waals surface area contributed by atoms with Gasteiger partial charge in [-0.25, -0.2) is 4.98 Å². The van der Waals surface area contributed by atoms with E-state index in [9.17, 15) is 0 Å². The van der Waals surface area contributed by atoms with Crippen LogP contribution in [0.3, 0.4) is 0 Å². The molecule has 70 heavy (non-hydrogen) atoms. The van der Waals surface area contributed by atoms with E-state index in [0.717, 1.165) is 57.4 Å². The molecule has 3 aromatic heterocycles. The fourth-order valence-corrected chi connectivity index (χ4v) is 13.6. The maximum atomic E-state index is 7.42. The first-order chi connectivity index (χ1) is 33.6. The predicted octanol–water partition coefficient (Wildman–Crippen LogP) is 15.7. The van der Waals surface area contributed by atoms with Crippen molar-refractivity contribution in [2.24, 2.45) is 0 Å². The standard InChI is InChI=1S/C64H54BN3O2/c1-61(2,3)36-23-25-37(26-24-36)68-50-31-40-38-19-13-15-21-43(38)64(8,9)44(40)29-42(50)56-57-58-54(55-39-20-14-16-22-52(39)69-59(55)56)41-30-45-46(63(6,7)28-27-62(45,4)5)32-49(41)67(58)51-34-53-48(33-47(51)65(57)68)66-60(70-53)35-17-11-10-12-18-35/h10-26,29-34H,27-28H2,1-9H3. The van der Waals surface area contributed by atoms with E-state index in [0.29, 0.717) is 5.89 Å². The van der Waals surface area contributed by atoms with Crippen LogP contribution in [0.4, 0.5) is 11.4 Å². The average Bonchev–Trinajstić information content (AvgIpc) is 4.10. The summed E-state index contributed by atoms with van der Waals surface area (Å²) in [5.74, 6) is 0.626. The Hall–Kier alpha value is -7.31. The van der Waals surface area contributed by atoms with Gasteiger partial charge in [-0.2, -0.15) is 0 Å². The second-order valence-corrected chi connectivity index (χ2v) is 23.8. The van der Waals surface area contributed by atoms with Crippen molar-refractivity contribution in [3.8, 4) is 39.4 Å². The Bertz CT molecular complexity index is 4140. The molecule has 2 aliphatic carbocycles. The number of fused-ring (bicyclic) bond motifs is 18. The summed E-state index contributed by atoms with van der Waals surface area (Å²) in [6, 6.07) is 52.3. The van der Waals surface area contributed by atoms with Gasteiger partial charge in [-0.05, 0) is 140 Å². The summed E-state index contributed by atoms with van der Waals surface area (Å²) in [5.41, 5.74) is 24.5. The molecule has 0 unspecified atom stereocenters. The summed E-state index contributed by atoms with van der Waals surface area (Å²) < 4.78 is 16.9. The van der Waals surface area contributed by atoms with Gasteiger partial charge < -0.3 is 18.2 Å². The highest BCUT2D eigenvalue weighted by Gasteiger charge is 2.49. The van der Waals surface area contributed by atoms with Crippen LogP contribution in [0.1, 0.15) is 103 Å². The third kappa shape index (κ3) is 5.11. The third-order valence-corrected chi connectivity index (χ3v) is 17.4. The monoisotopic (exact) mass is 907 g/mol. The van der Waals surface area contributed by atoms with E-state index < -0.39 is 0 Å². The molecule has 4 aliphatic rings. The predicted molar refractivity (Wildman–Crippen MR) is 292 cm³/mol. The highest BCUT2D eigenvalue weighted by Crippen LogP contribution is 2.57. The molecule has 0 fully saturated rings. The number of oxazole rings is 1. The topological polar surface area (TPSA) is 47.3 Å². The molecule has 15 rings (SSSR count). The summed E-state index contributed by atoms with van der Waals surface area (Å²) >= 11 is 0. The molecule has 0 atom stereocenters. The van der Waals surface area contributed by atoms with Crippen LogP contribution in [0, 0.1) is 0 Å². The highest BCUT2D eigenvalue weighted by atomic mass is 16.3. The first-order valence-electron chi connectivity index (χ1n) is 25.3. The fourth-order valence-electron chi connectivity index (χ4n) is 13.6. The molecule has 0 saturated heterocycles. The zero-order valence-electron chi connectivity index (χ0n) is 41.4. The van der Waals surface area contributed by atoms with Crippen molar-refractivity contribution in [1.82, 2.24) is 9.55 Å². The molecule has 8 aromatic carbocycles. The van der Waals surface area contributed by atoms with Gasteiger partial charge in [0.2, 0.25) is 5.89 Å². The lowest BCUT2D eigenvalue weighted by Crippen LogP contribution is -2.60. The first kappa shape index (κ1) is 40.6. The van der Waals surface area contributed by atoms with Crippen LogP contribution in [-0.4, -0.2) is 16.4 Å². The average molecular weight is 908 g/mol. The quantitative estimate of drug-likeness (QED) is 0.162. The van der Waals surface area contributed by atoms with Crippen molar-refractivity contribution in [2.45, 2.75) is 96.8 Å². The number of para-hydroxylation sites is 1. The highest BCUT2D eigenvalue weighted by molar-refractivity contribution is 6.94. The van der Waals surface area contributed by atoms with Gasteiger partial charge in [0, 0.05) is 66.8 Å². The van der Waals surface area contributed by atoms with E-state index in [2.05, 4.69) is 205 Å². The largest absolute Gasteiger partial charge is 0.455 e. The lowest BCUT2D eigenvalue weighted by atomic mass is 9.43. The molecule has 6 heteroatoms. The Morgan fingerprint density at radius 3 is 2.07 bits per heavy atom. The van der Waals surface area contributed by atoms with Crippen molar-refractivity contribution in [3.63, 3.8) is 0 Å². The van der Waals surface area contributed by atoms with Gasteiger partial charge in [0.25, 0.3) is 0 Å². The molecule has 5 heterocycles. The van der Waals surface area contributed by atoms with Crippen LogP contribution in [-0.2, 0) is 21.7 Å². The zero-order chi connectivity index (χ0) is 47.5. The van der Waals surface area contributed by atoms with Gasteiger partial charge in [-0.3, -0.25) is 0 Å². The van der Waals surface area contributed by atoms with Gasteiger partial charge in [-0.15, -0.1) is 0 Å². The van der Waals surface area contributed by atoms with Gasteiger partial charge in [0.05, 0.1) is 11.0 Å². The Morgan fingerprint density at radius 2 is 1.30 bits per heavy atom. The maximum absolute atomic E-state index is 7.42. The molecule has 0 amide bonds. The molecule has 5 nitrogen and oxygen atoms in total. The normalized spacial score (nSPS) is 16.8. The third-order valence-electron chi connectivity index (χ3n) is 17.4. The molecule has 11 aromatic rings. The minimum atomic E-state index is -0.249. The number of benzene rings is 8. The summed E-state index contributed by atoms with van der Waals surface area (Å²) in [6.45, 7) is 21.2. The number of furan rings is 1. The number of hydrogen-bond acceptors (Lipinski definition) is 4. The SMILES string of the molecule is CC(C)(C)c1ccc(N2B3c4cc5nc(-c6ccccc6)oc5cc4-n4c5cc6c(cc5c5c7c(oc8ccccc87)c(c3c54)-c3cc4c(cc32)-c2ccccc2C4(C)C)C(C)(C)CCC6(C)C)cc1. The number of nitrogens with zero attached hydrogens (tertiary/aromatic N) is 3. The van der Waals surface area contributed by atoms with E-state index in [1.54, 1.807) is 0 Å². The van der Waals surface area contributed by atoms with Crippen LogP contribution in [0.5, 0.6) is 0 Å². The summed E-state index contributed by atoms with van der Waals surface area (Å²) in [7, 11) is 0. The molecule has 0 spiro atoms.